The number of anilines is 2. The Kier molecular flexibility index (Phi) is 4.61. The van der Waals surface area contributed by atoms with Crippen molar-refractivity contribution in [3.05, 3.63) is 41.7 Å². The van der Waals surface area contributed by atoms with Crippen molar-refractivity contribution in [2.75, 3.05) is 12.4 Å². The van der Waals surface area contributed by atoms with Gasteiger partial charge in [-0.15, -0.1) is 0 Å². The number of fused-ring (bicyclic) bond motifs is 3. The normalized spacial score (nSPS) is 11.6. The van der Waals surface area contributed by atoms with Crippen LogP contribution in [0.3, 0.4) is 0 Å². The molecule has 0 saturated heterocycles. The molecule has 9 nitrogen and oxygen atoms in total. The zero-order valence-electron chi connectivity index (χ0n) is 19.0. The van der Waals surface area contributed by atoms with Gasteiger partial charge in [-0.1, -0.05) is 5.16 Å². The van der Waals surface area contributed by atoms with Crippen LogP contribution in [0.4, 0.5) is 11.6 Å². The molecule has 5 aromatic rings. The monoisotopic (exact) mass is 431 g/mol. The van der Waals surface area contributed by atoms with Crippen molar-refractivity contribution in [1.29, 1.82) is 0 Å². The van der Waals surface area contributed by atoms with Crippen molar-refractivity contribution in [1.82, 2.24) is 29.5 Å². The third kappa shape index (κ3) is 2.84. The molecule has 0 fully saturated rings. The molecule has 164 valence electrons. The Labute approximate surface area is 185 Å². The Hall–Kier alpha value is -3.88. The lowest BCUT2D eigenvalue weighted by Gasteiger charge is -2.11. The highest BCUT2D eigenvalue weighted by Gasteiger charge is 2.22. The predicted octanol–water partition coefficient (Wildman–Crippen LogP) is 4.67. The highest BCUT2D eigenvalue weighted by Crippen LogP contribution is 2.41. The highest BCUT2D eigenvalue weighted by molar-refractivity contribution is 6.13. The third-order valence-electron chi connectivity index (χ3n) is 5.95. The van der Waals surface area contributed by atoms with Crippen molar-refractivity contribution in [2.45, 2.75) is 34.2 Å². The summed E-state index contributed by atoms with van der Waals surface area (Å²) in [6, 6.07) is 4.14. The van der Waals surface area contributed by atoms with Crippen LogP contribution < -0.4 is 10.1 Å². The van der Waals surface area contributed by atoms with Gasteiger partial charge in [0.15, 0.2) is 0 Å². The standard InChI is InChI=1S/C23H25N7O2/c1-7-30-22(12(2)10-26-30)27-21-20-15-9-18(31-6)16(19-13(3)28-32-14(19)4)8-17(15)29(5)23(20)25-11-24-21/h8-11H,7H2,1-6H3,(H,24,25,27). The molecule has 4 aromatic heterocycles. The first-order valence-corrected chi connectivity index (χ1v) is 10.5. The minimum atomic E-state index is 0.728. The number of hydrogen-bond acceptors (Lipinski definition) is 7. The molecule has 32 heavy (non-hydrogen) atoms. The smallest absolute Gasteiger partial charge is 0.146 e. The molecule has 0 aliphatic heterocycles. The number of hydrogen-bond donors (Lipinski definition) is 1. The minimum Gasteiger partial charge on any atom is -0.496 e. The molecule has 9 heteroatoms. The summed E-state index contributed by atoms with van der Waals surface area (Å²) in [5.41, 5.74) is 5.60. The zero-order valence-corrected chi connectivity index (χ0v) is 19.0. The average molecular weight is 432 g/mol. The molecular weight excluding hydrogens is 406 g/mol. The van der Waals surface area contributed by atoms with Crippen LogP contribution in [0.5, 0.6) is 5.75 Å². The minimum absolute atomic E-state index is 0.728. The summed E-state index contributed by atoms with van der Waals surface area (Å²) in [6.45, 7) is 8.69. The quantitative estimate of drug-likeness (QED) is 0.432. The molecule has 5 rings (SSSR count). The van der Waals surface area contributed by atoms with E-state index in [2.05, 4.69) is 43.1 Å². The summed E-state index contributed by atoms with van der Waals surface area (Å²) in [7, 11) is 3.68. The van der Waals surface area contributed by atoms with Crippen molar-refractivity contribution >= 4 is 33.6 Å². The van der Waals surface area contributed by atoms with Gasteiger partial charge in [-0.25, -0.2) is 14.6 Å². The van der Waals surface area contributed by atoms with Crippen LogP contribution in [0, 0.1) is 20.8 Å². The van der Waals surface area contributed by atoms with Gasteiger partial charge < -0.3 is 19.1 Å². The molecule has 0 atom stereocenters. The second-order valence-corrected chi connectivity index (χ2v) is 7.87. The number of aromatic nitrogens is 6. The molecule has 0 spiro atoms. The fraction of sp³-hybridized carbons (Fsp3) is 0.304. The van der Waals surface area contributed by atoms with Gasteiger partial charge >= 0.3 is 0 Å². The van der Waals surface area contributed by atoms with Crippen LogP contribution >= 0.6 is 0 Å². The number of aryl methyl sites for hydroxylation is 5. The second-order valence-electron chi connectivity index (χ2n) is 7.87. The van der Waals surface area contributed by atoms with E-state index < -0.39 is 0 Å². The van der Waals surface area contributed by atoms with Crippen LogP contribution in [0.15, 0.2) is 29.2 Å². The molecule has 0 unspecified atom stereocenters. The van der Waals surface area contributed by atoms with Crippen LogP contribution in [-0.2, 0) is 13.6 Å². The average Bonchev–Trinajstić information content (AvgIpc) is 3.41. The van der Waals surface area contributed by atoms with E-state index in [0.29, 0.717) is 0 Å². The fourth-order valence-electron chi connectivity index (χ4n) is 4.36. The number of nitrogens with one attached hydrogen (secondary N) is 1. The van der Waals surface area contributed by atoms with Crippen molar-refractivity contribution in [3.63, 3.8) is 0 Å². The fourth-order valence-corrected chi connectivity index (χ4v) is 4.36. The van der Waals surface area contributed by atoms with Crippen molar-refractivity contribution in [3.8, 4) is 16.9 Å². The van der Waals surface area contributed by atoms with E-state index in [0.717, 1.165) is 74.0 Å². The largest absolute Gasteiger partial charge is 0.496 e. The maximum Gasteiger partial charge on any atom is 0.146 e. The molecule has 1 N–H and O–H groups in total. The number of rotatable bonds is 5. The Morgan fingerprint density at radius 1 is 1.16 bits per heavy atom. The van der Waals surface area contributed by atoms with Gasteiger partial charge in [0.25, 0.3) is 0 Å². The highest BCUT2D eigenvalue weighted by atomic mass is 16.5. The molecule has 0 aliphatic carbocycles. The van der Waals surface area contributed by atoms with Gasteiger partial charge in [0.05, 0.1) is 35.5 Å². The van der Waals surface area contributed by atoms with E-state index in [1.807, 2.05) is 44.8 Å². The van der Waals surface area contributed by atoms with Gasteiger partial charge in [-0.05, 0) is 39.8 Å². The lowest BCUT2D eigenvalue weighted by atomic mass is 10.0. The summed E-state index contributed by atoms with van der Waals surface area (Å²) in [5, 5.41) is 14.0. The maximum absolute atomic E-state index is 5.79. The Balaban J connectivity index is 1.78. The van der Waals surface area contributed by atoms with Crippen molar-refractivity contribution in [2.24, 2.45) is 7.05 Å². The maximum atomic E-state index is 5.79. The first-order valence-electron chi connectivity index (χ1n) is 10.5. The summed E-state index contributed by atoms with van der Waals surface area (Å²) in [5.74, 6) is 3.14. The van der Waals surface area contributed by atoms with Crippen LogP contribution in [-0.4, -0.2) is 36.6 Å². The summed E-state index contributed by atoms with van der Waals surface area (Å²) in [4.78, 5) is 9.15. The zero-order chi connectivity index (χ0) is 22.6. The van der Waals surface area contributed by atoms with E-state index in [9.17, 15) is 0 Å². The SMILES string of the molecule is CCn1ncc(C)c1Nc1ncnc2c1c1cc(OC)c(-c3c(C)noc3C)cc1n2C. The number of nitrogens with zero attached hydrogens (tertiary/aromatic N) is 6. The lowest BCUT2D eigenvalue weighted by Crippen LogP contribution is -2.05. The molecular formula is C23H25N7O2. The first kappa shape index (κ1) is 20.0. The summed E-state index contributed by atoms with van der Waals surface area (Å²) in [6.07, 6.45) is 3.43. The van der Waals surface area contributed by atoms with Crippen molar-refractivity contribution < 1.29 is 9.26 Å². The molecule has 4 heterocycles. The van der Waals surface area contributed by atoms with Crippen LogP contribution in [0.2, 0.25) is 0 Å². The molecule has 0 amide bonds. The molecule has 0 bridgehead atoms. The van der Waals surface area contributed by atoms with E-state index in [-0.39, 0.29) is 0 Å². The van der Waals surface area contributed by atoms with E-state index in [1.165, 1.54) is 0 Å². The third-order valence-corrected chi connectivity index (χ3v) is 5.95. The number of benzene rings is 1. The van der Waals surface area contributed by atoms with E-state index in [4.69, 9.17) is 9.26 Å². The topological polar surface area (TPSA) is 95.8 Å². The van der Waals surface area contributed by atoms with Gasteiger partial charge in [-0.3, -0.25) is 0 Å². The molecule has 0 saturated carbocycles. The predicted molar refractivity (Wildman–Crippen MR) is 123 cm³/mol. The summed E-state index contributed by atoms with van der Waals surface area (Å²) >= 11 is 0. The molecule has 1 aromatic carbocycles. The van der Waals surface area contributed by atoms with Crippen LogP contribution in [0.1, 0.15) is 23.9 Å². The second kappa shape index (κ2) is 7.37. The Morgan fingerprint density at radius 3 is 2.66 bits per heavy atom. The number of methoxy groups -OCH3 is 1. The van der Waals surface area contributed by atoms with Gasteiger partial charge in [0, 0.05) is 30.1 Å². The molecule has 0 radical (unpaired) electrons. The van der Waals surface area contributed by atoms with Gasteiger partial charge in [0.2, 0.25) is 0 Å². The van der Waals surface area contributed by atoms with Gasteiger partial charge in [-0.2, -0.15) is 5.10 Å². The first-order chi connectivity index (χ1) is 15.4. The Bertz CT molecular complexity index is 1460. The van der Waals surface area contributed by atoms with Gasteiger partial charge in [0.1, 0.15) is 35.1 Å². The molecule has 0 aliphatic rings. The van der Waals surface area contributed by atoms with E-state index >= 15 is 0 Å². The Morgan fingerprint density at radius 2 is 1.97 bits per heavy atom. The van der Waals surface area contributed by atoms with Crippen LogP contribution in [0.25, 0.3) is 33.1 Å². The number of ether oxygens (including phenoxy) is 1. The van der Waals surface area contributed by atoms with E-state index in [1.54, 1.807) is 13.4 Å². The lowest BCUT2D eigenvalue weighted by molar-refractivity contribution is 0.393. The summed E-state index contributed by atoms with van der Waals surface area (Å²) < 4.78 is 15.2.